The minimum absolute atomic E-state index is 0.157. The van der Waals surface area contributed by atoms with E-state index in [4.69, 9.17) is 5.73 Å². The zero-order valence-corrected chi connectivity index (χ0v) is 23.2. The fraction of sp³-hybridized carbons (Fsp3) is 0.387. The van der Waals surface area contributed by atoms with E-state index in [9.17, 15) is 14.4 Å². The van der Waals surface area contributed by atoms with Gasteiger partial charge in [0.15, 0.2) is 0 Å². The van der Waals surface area contributed by atoms with E-state index in [0.717, 1.165) is 40.5 Å². The van der Waals surface area contributed by atoms with Crippen LogP contribution in [0.5, 0.6) is 0 Å². The zero-order valence-electron chi connectivity index (χ0n) is 22.3. The van der Waals surface area contributed by atoms with E-state index < -0.39 is 12.1 Å². The number of nitrogens with one attached hydrogen (secondary N) is 1. The molecule has 8 heteroatoms. The van der Waals surface area contributed by atoms with E-state index in [2.05, 4.69) is 17.4 Å². The molecular weight excluding hydrogens is 508 g/mol. The lowest BCUT2D eigenvalue weighted by atomic mass is 9.75. The minimum Gasteiger partial charge on any atom is -0.353 e. The number of piperazine rings is 1. The summed E-state index contributed by atoms with van der Waals surface area (Å²) in [6, 6.07) is 16.8. The number of carbonyl (C=O) groups is 3. The van der Waals surface area contributed by atoms with Crippen LogP contribution in [0.4, 0.5) is 0 Å². The van der Waals surface area contributed by atoms with Crippen LogP contribution in [0, 0.1) is 0 Å². The highest BCUT2D eigenvalue weighted by Crippen LogP contribution is 2.32. The van der Waals surface area contributed by atoms with Crippen LogP contribution in [0.2, 0.25) is 0 Å². The predicted molar refractivity (Wildman–Crippen MR) is 155 cm³/mol. The first-order chi connectivity index (χ1) is 18.8. The molecule has 204 valence electrons. The first-order valence-electron chi connectivity index (χ1n) is 13.6. The maximum Gasteiger partial charge on any atom is 0.246 e. The molecule has 0 radical (unpaired) electrons. The number of hydrogen-bond donors (Lipinski definition) is 2. The molecule has 7 nitrogen and oxygen atoms in total. The van der Waals surface area contributed by atoms with Gasteiger partial charge in [-0.3, -0.25) is 14.4 Å². The maximum atomic E-state index is 14.2. The number of fused-ring (bicyclic) bond motifs is 1. The van der Waals surface area contributed by atoms with Gasteiger partial charge in [0.05, 0.1) is 0 Å². The van der Waals surface area contributed by atoms with Crippen LogP contribution in [0.3, 0.4) is 0 Å². The Morgan fingerprint density at radius 3 is 2.69 bits per heavy atom. The molecule has 2 fully saturated rings. The Balaban J connectivity index is 1.41. The van der Waals surface area contributed by atoms with Gasteiger partial charge in [-0.15, -0.1) is 11.3 Å². The lowest BCUT2D eigenvalue weighted by Crippen LogP contribution is -2.62. The number of benzene rings is 2. The molecule has 1 saturated heterocycles. The fourth-order valence-electron chi connectivity index (χ4n) is 5.47. The summed E-state index contributed by atoms with van der Waals surface area (Å²) in [5, 5.41) is 7.08. The summed E-state index contributed by atoms with van der Waals surface area (Å²) in [5.41, 5.74) is 7.07. The van der Waals surface area contributed by atoms with Crippen molar-refractivity contribution in [1.82, 2.24) is 15.1 Å². The number of nitrogens with zero attached hydrogens (tertiary/aromatic N) is 2. The summed E-state index contributed by atoms with van der Waals surface area (Å²) in [6.07, 6.45) is 7.88. The predicted octanol–water partition coefficient (Wildman–Crippen LogP) is 3.67. The van der Waals surface area contributed by atoms with E-state index in [1.807, 2.05) is 53.9 Å². The normalized spacial score (nSPS) is 19.5. The number of rotatable bonds is 9. The van der Waals surface area contributed by atoms with Gasteiger partial charge < -0.3 is 20.9 Å². The van der Waals surface area contributed by atoms with Gasteiger partial charge in [-0.05, 0) is 59.5 Å². The second-order valence-corrected chi connectivity index (χ2v) is 11.8. The third-order valence-corrected chi connectivity index (χ3v) is 8.96. The second kappa shape index (κ2) is 11.7. The number of hydrogen-bond acceptors (Lipinski definition) is 5. The second-order valence-electron chi connectivity index (χ2n) is 10.8. The SMILES string of the molecule is CN(C(=O)C=CCC1(N)CCC1)[C@H](Cc1ccc2ccccc2c1)C(=O)N1CCNC(=O)[C@H]1Cc1cccs1. The van der Waals surface area contributed by atoms with E-state index in [-0.39, 0.29) is 23.3 Å². The van der Waals surface area contributed by atoms with Crippen molar-refractivity contribution in [1.29, 1.82) is 0 Å². The molecule has 3 N–H and O–H groups in total. The van der Waals surface area contributed by atoms with E-state index in [1.165, 1.54) is 4.90 Å². The van der Waals surface area contributed by atoms with Crippen LogP contribution in [0.15, 0.2) is 72.1 Å². The monoisotopic (exact) mass is 544 g/mol. The van der Waals surface area contributed by atoms with Crippen LogP contribution < -0.4 is 11.1 Å². The molecule has 2 heterocycles. The molecule has 39 heavy (non-hydrogen) atoms. The molecule has 0 spiro atoms. The van der Waals surface area contributed by atoms with Gasteiger partial charge in [-0.2, -0.15) is 0 Å². The minimum atomic E-state index is -0.754. The summed E-state index contributed by atoms with van der Waals surface area (Å²) in [4.78, 5) is 44.7. The van der Waals surface area contributed by atoms with Gasteiger partial charge in [-0.1, -0.05) is 54.6 Å². The van der Waals surface area contributed by atoms with E-state index in [1.54, 1.807) is 29.4 Å². The van der Waals surface area contributed by atoms with Gasteiger partial charge in [0.25, 0.3) is 0 Å². The summed E-state index contributed by atoms with van der Waals surface area (Å²) in [5.74, 6) is -0.610. The van der Waals surface area contributed by atoms with Crippen LogP contribution in [0.1, 0.15) is 36.1 Å². The Morgan fingerprint density at radius 1 is 1.18 bits per heavy atom. The number of nitrogens with two attached hydrogens (primary N) is 1. The first-order valence-corrected chi connectivity index (χ1v) is 14.5. The molecule has 1 aliphatic carbocycles. The van der Waals surface area contributed by atoms with Crippen molar-refractivity contribution in [3.63, 3.8) is 0 Å². The highest BCUT2D eigenvalue weighted by Gasteiger charge is 2.39. The van der Waals surface area contributed by atoms with Gasteiger partial charge in [0.1, 0.15) is 12.1 Å². The third-order valence-electron chi connectivity index (χ3n) is 8.07. The lowest BCUT2D eigenvalue weighted by molar-refractivity contribution is -0.149. The zero-order chi connectivity index (χ0) is 27.4. The topological polar surface area (TPSA) is 95.7 Å². The molecule has 1 aromatic heterocycles. The molecule has 2 aromatic carbocycles. The quantitative estimate of drug-likeness (QED) is 0.402. The molecule has 3 aromatic rings. The number of thiophene rings is 1. The molecule has 0 bridgehead atoms. The van der Waals surface area contributed by atoms with Crippen molar-refractivity contribution in [3.8, 4) is 0 Å². The summed E-state index contributed by atoms with van der Waals surface area (Å²) < 4.78 is 0. The fourth-order valence-corrected chi connectivity index (χ4v) is 6.21. The van der Waals surface area contributed by atoms with Gasteiger partial charge in [-0.25, -0.2) is 0 Å². The number of amides is 3. The summed E-state index contributed by atoms with van der Waals surface area (Å²) in [6.45, 7) is 0.798. The highest BCUT2D eigenvalue weighted by molar-refractivity contribution is 7.09. The first kappa shape index (κ1) is 27.1. The van der Waals surface area contributed by atoms with E-state index in [0.29, 0.717) is 32.4 Å². The Morgan fingerprint density at radius 2 is 1.97 bits per heavy atom. The van der Waals surface area contributed by atoms with Crippen LogP contribution >= 0.6 is 11.3 Å². The van der Waals surface area contributed by atoms with Crippen LogP contribution in [-0.4, -0.2) is 65.3 Å². The largest absolute Gasteiger partial charge is 0.353 e. The molecular formula is C31H36N4O3S. The summed E-state index contributed by atoms with van der Waals surface area (Å²) in [7, 11) is 1.68. The van der Waals surface area contributed by atoms with Crippen LogP contribution in [0.25, 0.3) is 10.8 Å². The average molecular weight is 545 g/mol. The third kappa shape index (κ3) is 6.23. The van der Waals surface area contributed by atoms with Crippen molar-refractivity contribution in [2.75, 3.05) is 20.1 Å². The molecule has 5 rings (SSSR count). The molecule has 0 unspecified atom stereocenters. The average Bonchev–Trinajstić information content (AvgIpc) is 3.44. The molecule has 2 atom stereocenters. The molecule has 2 aliphatic rings. The number of carbonyl (C=O) groups excluding carboxylic acids is 3. The Hall–Kier alpha value is -3.49. The molecule has 3 amide bonds. The Labute approximate surface area is 233 Å². The van der Waals surface area contributed by atoms with Crippen molar-refractivity contribution < 1.29 is 14.4 Å². The Bertz CT molecular complexity index is 1370. The van der Waals surface area contributed by atoms with E-state index >= 15 is 0 Å². The molecule has 1 saturated carbocycles. The van der Waals surface area contributed by atoms with Crippen molar-refractivity contribution in [2.45, 2.75) is 56.1 Å². The standard InChI is InChI=1S/C31H36N4O3S/c1-34(28(36)10-4-13-31(32)14-6-15-31)27(20-22-11-12-23-7-2-3-8-24(23)19-22)30(38)35-17-16-33-29(37)26(35)21-25-9-5-18-39-25/h2-5,7-12,18-19,26-27H,6,13-17,20-21,32H2,1H3,(H,33,37)/t26-,27-/m1/s1. The van der Waals surface area contributed by atoms with Crippen molar-refractivity contribution in [3.05, 3.63) is 82.6 Å². The van der Waals surface area contributed by atoms with Gasteiger partial charge in [0.2, 0.25) is 17.7 Å². The number of likely N-dealkylation sites (N-methyl/N-ethyl adjacent to an activating group) is 1. The lowest BCUT2D eigenvalue weighted by Gasteiger charge is -2.39. The maximum absolute atomic E-state index is 14.2. The van der Waals surface area contributed by atoms with Gasteiger partial charge in [0, 0.05) is 43.4 Å². The van der Waals surface area contributed by atoms with Crippen LogP contribution in [-0.2, 0) is 27.2 Å². The van der Waals surface area contributed by atoms with Crippen molar-refractivity contribution in [2.24, 2.45) is 5.73 Å². The highest BCUT2D eigenvalue weighted by atomic mass is 32.1. The smallest absolute Gasteiger partial charge is 0.246 e. The molecule has 1 aliphatic heterocycles. The van der Waals surface area contributed by atoms with Crippen molar-refractivity contribution >= 4 is 39.8 Å². The van der Waals surface area contributed by atoms with Gasteiger partial charge >= 0.3 is 0 Å². The summed E-state index contributed by atoms with van der Waals surface area (Å²) >= 11 is 1.57. The Kier molecular flexibility index (Phi) is 8.14.